The first-order valence-corrected chi connectivity index (χ1v) is 13.1. The molecule has 0 N–H and O–H groups in total. The molecular weight excluding hydrogens is 460 g/mol. The first-order chi connectivity index (χ1) is 15.9. The van der Waals surface area contributed by atoms with E-state index in [0.717, 1.165) is 53.8 Å². The molecule has 3 aromatic rings. The minimum absolute atomic E-state index is 0.155. The molecule has 1 fully saturated rings. The number of thiazole rings is 1. The van der Waals surface area contributed by atoms with Gasteiger partial charge in [-0.15, -0.1) is 0 Å². The van der Waals surface area contributed by atoms with E-state index < -0.39 is 10.0 Å². The maximum absolute atomic E-state index is 13.5. The third-order valence-corrected chi connectivity index (χ3v) is 8.49. The molecule has 0 bridgehead atoms. The quantitative estimate of drug-likeness (QED) is 0.485. The lowest BCUT2D eigenvalue weighted by Gasteiger charge is -2.27. The molecule has 33 heavy (non-hydrogen) atoms. The smallest absolute Gasteiger partial charge is 0.260 e. The van der Waals surface area contributed by atoms with Crippen molar-refractivity contribution in [1.29, 1.82) is 0 Å². The number of amides is 1. The highest BCUT2D eigenvalue weighted by atomic mass is 32.2. The summed E-state index contributed by atoms with van der Waals surface area (Å²) in [6, 6.07) is 13.9. The first-order valence-electron chi connectivity index (χ1n) is 10.9. The van der Waals surface area contributed by atoms with Crippen LogP contribution in [0.1, 0.15) is 16.8 Å². The topological polar surface area (TPSA) is 83.1 Å². The standard InChI is InChI=1S/C23H28N4O4S2/c1-25(2)33(29,30)19-10-8-18(9-11-19)22(28)27(13-5-12-26-14-16-31-17-15-26)23-24-20-6-3-4-7-21(20)32-23/h3-4,6-11H,5,12-17H2,1-2H3. The molecule has 10 heteroatoms. The molecule has 176 valence electrons. The number of carbonyl (C=O) groups is 1. The zero-order chi connectivity index (χ0) is 23.4. The van der Waals surface area contributed by atoms with Crippen LogP contribution in [0.25, 0.3) is 10.2 Å². The second-order valence-electron chi connectivity index (χ2n) is 8.04. The zero-order valence-corrected chi connectivity index (χ0v) is 20.4. The molecule has 0 atom stereocenters. The second-order valence-corrected chi connectivity index (χ2v) is 11.2. The van der Waals surface area contributed by atoms with E-state index in [1.165, 1.54) is 37.6 Å². The van der Waals surface area contributed by atoms with Crippen molar-refractivity contribution in [2.45, 2.75) is 11.3 Å². The van der Waals surface area contributed by atoms with Crippen LogP contribution in [0.15, 0.2) is 53.4 Å². The molecule has 4 rings (SSSR count). The van der Waals surface area contributed by atoms with E-state index in [0.29, 0.717) is 17.2 Å². The number of anilines is 1. The van der Waals surface area contributed by atoms with Gasteiger partial charge in [0.05, 0.1) is 28.3 Å². The Bertz CT molecular complexity index is 1170. The molecule has 0 spiro atoms. The van der Waals surface area contributed by atoms with Gasteiger partial charge in [0.15, 0.2) is 5.13 Å². The Hall–Kier alpha value is -2.37. The summed E-state index contributed by atoms with van der Waals surface area (Å²) in [6.07, 6.45) is 0.800. The lowest BCUT2D eigenvalue weighted by Crippen LogP contribution is -2.39. The van der Waals surface area contributed by atoms with Crippen molar-refractivity contribution in [3.8, 4) is 0 Å². The van der Waals surface area contributed by atoms with Crippen molar-refractivity contribution in [3.63, 3.8) is 0 Å². The Kier molecular flexibility index (Phi) is 7.40. The number of nitrogens with zero attached hydrogens (tertiary/aromatic N) is 4. The van der Waals surface area contributed by atoms with E-state index in [-0.39, 0.29) is 10.8 Å². The van der Waals surface area contributed by atoms with E-state index in [1.54, 1.807) is 17.0 Å². The summed E-state index contributed by atoms with van der Waals surface area (Å²) in [5.41, 5.74) is 1.29. The van der Waals surface area contributed by atoms with Gasteiger partial charge in [-0.1, -0.05) is 23.5 Å². The fourth-order valence-corrected chi connectivity index (χ4v) is 5.56. The predicted octanol–water partition coefficient (Wildman–Crippen LogP) is 2.92. The highest BCUT2D eigenvalue weighted by Gasteiger charge is 2.23. The van der Waals surface area contributed by atoms with Crippen molar-refractivity contribution in [2.24, 2.45) is 0 Å². The third-order valence-electron chi connectivity index (χ3n) is 5.60. The van der Waals surface area contributed by atoms with Crippen molar-refractivity contribution in [1.82, 2.24) is 14.2 Å². The van der Waals surface area contributed by atoms with Crippen LogP contribution in [-0.2, 0) is 14.8 Å². The molecule has 2 heterocycles. The molecule has 1 aromatic heterocycles. The van der Waals surface area contributed by atoms with Gasteiger partial charge in [0.1, 0.15) is 0 Å². The highest BCUT2D eigenvalue weighted by molar-refractivity contribution is 7.89. The number of morpholine rings is 1. The van der Waals surface area contributed by atoms with E-state index in [2.05, 4.69) is 4.90 Å². The number of rotatable bonds is 8. The third kappa shape index (κ3) is 5.42. The Balaban J connectivity index is 1.57. The molecule has 0 aliphatic carbocycles. The molecule has 2 aromatic carbocycles. The summed E-state index contributed by atoms with van der Waals surface area (Å²) in [4.78, 5) is 22.4. The monoisotopic (exact) mass is 488 g/mol. The summed E-state index contributed by atoms with van der Waals surface area (Å²) in [6.45, 7) is 4.67. The van der Waals surface area contributed by atoms with Crippen molar-refractivity contribution >= 4 is 42.6 Å². The number of carbonyl (C=O) groups excluding carboxylic acids is 1. The van der Waals surface area contributed by atoms with Crippen molar-refractivity contribution < 1.29 is 17.9 Å². The molecule has 0 unspecified atom stereocenters. The Morgan fingerprint density at radius 2 is 1.79 bits per heavy atom. The number of benzene rings is 2. The molecule has 1 aliphatic rings. The minimum atomic E-state index is -3.55. The fourth-order valence-electron chi connectivity index (χ4n) is 3.67. The van der Waals surface area contributed by atoms with E-state index in [9.17, 15) is 13.2 Å². The molecule has 0 radical (unpaired) electrons. The second kappa shape index (κ2) is 10.3. The van der Waals surface area contributed by atoms with Gasteiger partial charge < -0.3 is 4.74 Å². The Labute approximate surface area is 198 Å². The summed E-state index contributed by atoms with van der Waals surface area (Å²) in [7, 11) is -0.586. The average Bonchev–Trinajstić information content (AvgIpc) is 3.26. The number of fused-ring (bicyclic) bond motifs is 1. The summed E-state index contributed by atoms with van der Waals surface area (Å²) < 4.78 is 32.3. The van der Waals surface area contributed by atoms with Crippen LogP contribution >= 0.6 is 11.3 Å². The summed E-state index contributed by atoms with van der Waals surface area (Å²) in [5.74, 6) is -0.190. The van der Waals surface area contributed by atoms with Crippen LogP contribution in [0.4, 0.5) is 5.13 Å². The van der Waals surface area contributed by atoms with E-state index >= 15 is 0 Å². The number of aromatic nitrogens is 1. The highest BCUT2D eigenvalue weighted by Crippen LogP contribution is 2.30. The van der Waals surface area contributed by atoms with Gasteiger partial charge in [0, 0.05) is 45.8 Å². The molecule has 1 saturated heterocycles. The molecular formula is C23H28N4O4S2. The SMILES string of the molecule is CN(C)S(=O)(=O)c1ccc(C(=O)N(CCCN2CCOCC2)c2nc3ccccc3s2)cc1. The van der Waals surface area contributed by atoms with Gasteiger partial charge in [-0.25, -0.2) is 17.7 Å². The Morgan fingerprint density at radius 3 is 2.45 bits per heavy atom. The minimum Gasteiger partial charge on any atom is -0.379 e. The molecule has 1 aliphatic heterocycles. The van der Waals surface area contributed by atoms with E-state index in [1.807, 2.05) is 24.3 Å². The van der Waals surface area contributed by atoms with Gasteiger partial charge in [-0.2, -0.15) is 0 Å². The average molecular weight is 489 g/mol. The maximum atomic E-state index is 13.5. The Morgan fingerprint density at radius 1 is 1.09 bits per heavy atom. The van der Waals surface area contributed by atoms with Gasteiger partial charge in [0.25, 0.3) is 5.91 Å². The van der Waals surface area contributed by atoms with Gasteiger partial charge >= 0.3 is 0 Å². The lowest BCUT2D eigenvalue weighted by molar-refractivity contribution is 0.0376. The van der Waals surface area contributed by atoms with Gasteiger partial charge in [-0.05, 0) is 42.8 Å². The van der Waals surface area contributed by atoms with Crippen LogP contribution in [0.3, 0.4) is 0 Å². The maximum Gasteiger partial charge on any atom is 0.260 e. The first kappa shape index (κ1) is 23.8. The largest absolute Gasteiger partial charge is 0.379 e. The summed E-state index contributed by atoms with van der Waals surface area (Å²) >= 11 is 1.48. The normalized spacial score (nSPS) is 15.2. The number of hydrogen-bond donors (Lipinski definition) is 0. The van der Waals surface area contributed by atoms with Gasteiger partial charge in [0.2, 0.25) is 10.0 Å². The van der Waals surface area contributed by atoms with Crippen LogP contribution in [0, 0.1) is 0 Å². The lowest BCUT2D eigenvalue weighted by atomic mass is 10.2. The zero-order valence-electron chi connectivity index (χ0n) is 18.8. The molecule has 1 amide bonds. The van der Waals surface area contributed by atoms with Crippen molar-refractivity contribution in [3.05, 3.63) is 54.1 Å². The van der Waals surface area contributed by atoms with E-state index in [4.69, 9.17) is 9.72 Å². The number of sulfonamides is 1. The number of para-hydroxylation sites is 1. The fraction of sp³-hybridized carbons (Fsp3) is 0.391. The van der Waals surface area contributed by atoms with Crippen LogP contribution in [0.2, 0.25) is 0 Å². The van der Waals surface area contributed by atoms with Crippen LogP contribution < -0.4 is 4.90 Å². The number of ether oxygens (including phenoxy) is 1. The number of hydrogen-bond acceptors (Lipinski definition) is 7. The molecule has 8 nitrogen and oxygen atoms in total. The summed E-state index contributed by atoms with van der Waals surface area (Å²) in [5, 5.41) is 0.646. The predicted molar refractivity (Wildman–Crippen MR) is 130 cm³/mol. The van der Waals surface area contributed by atoms with Crippen LogP contribution in [-0.4, -0.2) is 82.0 Å². The molecule has 0 saturated carbocycles. The van der Waals surface area contributed by atoms with Crippen LogP contribution in [0.5, 0.6) is 0 Å². The van der Waals surface area contributed by atoms with Crippen molar-refractivity contribution in [2.75, 3.05) is 58.4 Å². The van der Waals surface area contributed by atoms with Gasteiger partial charge in [-0.3, -0.25) is 14.6 Å².